The van der Waals surface area contributed by atoms with Crippen LogP contribution in [0.3, 0.4) is 0 Å². The fraction of sp³-hybridized carbons (Fsp3) is 0.300. The molecular weight excluding hydrogens is 399 g/mol. The van der Waals surface area contributed by atoms with Crippen LogP contribution in [0.1, 0.15) is 18.4 Å². The summed E-state index contributed by atoms with van der Waals surface area (Å²) in [4.78, 5) is 35.0. The van der Waals surface area contributed by atoms with Gasteiger partial charge in [0.2, 0.25) is 5.91 Å². The highest BCUT2D eigenvalue weighted by Crippen LogP contribution is 2.39. The van der Waals surface area contributed by atoms with Gasteiger partial charge in [0.1, 0.15) is 0 Å². The molecule has 2 aromatic rings. The SMILES string of the molecule is Cl.NC(C[C@@H]1CCNC1=O)C(=O)Cc1ccccc1P(=O)(O)c1ccccc1. The van der Waals surface area contributed by atoms with Crippen molar-refractivity contribution >= 4 is 42.1 Å². The zero-order chi connectivity index (χ0) is 19.4. The van der Waals surface area contributed by atoms with Crippen LogP contribution >= 0.6 is 19.8 Å². The highest BCUT2D eigenvalue weighted by atomic mass is 35.5. The van der Waals surface area contributed by atoms with Crippen molar-refractivity contribution < 1.29 is 19.0 Å². The first-order valence-corrected chi connectivity index (χ1v) is 10.6. The molecule has 2 unspecified atom stereocenters. The minimum Gasteiger partial charge on any atom is -0.356 e. The summed E-state index contributed by atoms with van der Waals surface area (Å²) in [5.41, 5.74) is 6.51. The number of benzene rings is 2. The zero-order valence-electron chi connectivity index (χ0n) is 15.3. The third-order valence-corrected chi connectivity index (χ3v) is 6.99. The molecule has 3 atom stereocenters. The first kappa shape index (κ1) is 22.3. The van der Waals surface area contributed by atoms with E-state index in [0.717, 1.165) is 0 Å². The van der Waals surface area contributed by atoms with Crippen LogP contribution in [-0.2, 0) is 20.6 Å². The lowest BCUT2D eigenvalue weighted by atomic mass is 9.94. The fourth-order valence-electron chi connectivity index (χ4n) is 3.35. The molecule has 3 rings (SSSR count). The summed E-state index contributed by atoms with van der Waals surface area (Å²) in [5.74, 6) is -0.551. The monoisotopic (exact) mass is 422 g/mol. The molecule has 1 fully saturated rings. The van der Waals surface area contributed by atoms with Crippen LogP contribution in [0.5, 0.6) is 0 Å². The van der Waals surface area contributed by atoms with Crippen LogP contribution in [0.2, 0.25) is 0 Å². The van der Waals surface area contributed by atoms with Crippen LogP contribution in [0, 0.1) is 5.92 Å². The van der Waals surface area contributed by atoms with E-state index >= 15 is 0 Å². The van der Waals surface area contributed by atoms with Gasteiger partial charge in [-0.25, -0.2) is 0 Å². The molecule has 1 amide bonds. The molecule has 8 heteroatoms. The van der Waals surface area contributed by atoms with Gasteiger partial charge in [0.05, 0.1) is 6.04 Å². The number of carbonyl (C=O) groups excluding carboxylic acids is 2. The Morgan fingerprint density at radius 3 is 2.46 bits per heavy atom. The van der Waals surface area contributed by atoms with E-state index in [2.05, 4.69) is 5.32 Å². The summed E-state index contributed by atoms with van der Waals surface area (Å²) in [5, 5.41) is 3.30. The molecule has 1 aliphatic rings. The minimum atomic E-state index is -3.82. The molecule has 0 saturated carbocycles. The largest absolute Gasteiger partial charge is 0.356 e. The average Bonchev–Trinajstić information content (AvgIpc) is 3.07. The number of rotatable bonds is 7. The van der Waals surface area contributed by atoms with Crippen LogP contribution in [-0.4, -0.2) is 29.2 Å². The maximum absolute atomic E-state index is 13.1. The van der Waals surface area contributed by atoms with Gasteiger partial charge in [-0.2, -0.15) is 0 Å². The molecule has 1 saturated heterocycles. The van der Waals surface area contributed by atoms with Gasteiger partial charge in [0, 0.05) is 29.5 Å². The van der Waals surface area contributed by atoms with Crippen LogP contribution in [0.15, 0.2) is 54.6 Å². The van der Waals surface area contributed by atoms with Crippen molar-refractivity contribution in [1.29, 1.82) is 0 Å². The Bertz CT molecular complexity index is 891. The van der Waals surface area contributed by atoms with Gasteiger partial charge < -0.3 is 15.9 Å². The minimum absolute atomic E-state index is 0. The van der Waals surface area contributed by atoms with E-state index in [9.17, 15) is 19.0 Å². The van der Waals surface area contributed by atoms with Gasteiger partial charge in [0.15, 0.2) is 5.78 Å². The first-order valence-electron chi connectivity index (χ1n) is 8.92. The number of Topliss-reactive ketones (excluding diaryl/α,β-unsaturated/α-hetero) is 1. The number of carbonyl (C=O) groups is 2. The summed E-state index contributed by atoms with van der Waals surface area (Å²) >= 11 is 0. The number of amides is 1. The Hall–Kier alpha value is -1.98. The number of hydrogen-bond donors (Lipinski definition) is 3. The van der Waals surface area contributed by atoms with Gasteiger partial charge >= 0.3 is 0 Å². The van der Waals surface area contributed by atoms with Crippen molar-refractivity contribution in [3.05, 3.63) is 60.2 Å². The molecule has 1 aliphatic heterocycles. The Morgan fingerprint density at radius 1 is 1.18 bits per heavy atom. The summed E-state index contributed by atoms with van der Waals surface area (Å²) < 4.78 is 13.1. The van der Waals surface area contributed by atoms with E-state index < -0.39 is 13.4 Å². The standard InChI is InChI=1S/C20H23N2O4P.ClH/c21-17(12-15-10-11-22-20(15)24)18(23)13-14-6-4-5-9-19(14)27(25,26)16-7-2-1-3-8-16;/h1-9,15,17H,10-13,21H2,(H,22,24)(H,25,26);1H/t15-,17?;/m0./s1. The van der Waals surface area contributed by atoms with Crippen molar-refractivity contribution in [2.45, 2.75) is 25.3 Å². The summed E-state index contributed by atoms with van der Waals surface area (Å²) in [6, 6.07) is 14.3. The first-order chi connectivity index (χ1) is 12.9. The quantitative estimate of drug-likeness (QED) is 0.582. The number of halogens is 1. The van der Waals surface area contributed by atoms with Crippen molar-refractivity contribution in [3.8, 4) is 0 Å². The van der Waals surface area contributed by atoms with E-state index in [-0.39, 0.29) is 41.7 Å². The van der Waals surface area contributed by atoms with Gasteiger partial charge in [-0.3, -0.25) is 14.2 Å². The molecule has 4 N–H and O–H groups in total. The molecular formula is C20H24ClN2O4P. The number of nitrogens with one attached hydrogen (secondary N) is 1. The molecule has 0 spiro atoms. The molecule has 2 aromatic carbocycles. The lowest BCUT2D eigenvalue weighted by Gasteiger charge is -2.18. The maximum atomic E-state index is 13.1. The lowest BCUT2D eigenvalue weighted by Crippen LogP contribution is -2.36. The van der Waals surface area contributed by atoms with Crippen LogP contribution in [0.25, 0.3) is 0 Å². The molecule has 28 heavy (non-hydrogen) atoms. The highest BCUT2D eigenvalue weighted by Gasteiger charge is 2.30. The van der Waals surface area contributed by atoms with Crippen LogP contribution < -0.4 is 21.7 Å². The summed E-state index contributed by atoms with van der Waals surface area (Å²) in [6.07, 6.45) is 0.932. The van der Waals surface area contributed by atoms with E-state index in [1.165, 1.54) is 0 Å². The third kappa shape index (κ3) is 4.89. The Morgan fingerprint density at radius 2 is 1.82 bits per heavy atom. The fourth-order valence-corrected chi connectivity index (χ4v) is 5.04. The number of ketones is 1. The summed E-state index contributed by atoms with van der Waals surface area (Å²) in [6.45, 7) is 0.609. The van der Waals surface area contributed by atoms with Crippen molar-refractivity contribution in [2.75, 3.05) is 6.54 Å². The molecule has 0 radical (unpaired) electrons. The third-order valence-electron chi connectivity index (χ3n) is 4.90. The second kappa shape index (κ2) is 9.48. The lowest BCUT2D eigenvalue weighted by molar-refractivity contribution is -0.123. The smallest absolute Gasteiger partial charge is 0.259 e. The Kier molecular flexibility index (Phi) is 7.55. The normalized spacial score (nSPS) is 19.2. The predicted octanol–water partition coefficient (Wildman–Crippen LogP) is 1.29. The molecule has 0 aromatic heterocycles. The van der Waals surface area contributed by atoms with E-state index in [1.807, 2.05) is 0 Å². The van der Waals surface area contributed by atoms with E-state index in [0.29, 0.717) is 30.3 Å². The molecule has 0 bridgehead atoms. The van der Waals surface area contributed by atoms with Gasteiger partial charge in [-0.05, 0) is 36.6 Å². The number of hydrogen-bond acceptors (Lipinski definition) is 4. The molecule has 6 nitrogen and oxygen atoms in total. The zero-order valence-corrected chi connectivity index (χ0v) is 17.0. The maximum Gasteiger partial charge on any atom is 0.259 e. The Balaban J connectivity index is 0.00000280. The molecule has 0 aliphatic carbocycles. The topological polar surface area (TPSA) is 109 Å². The van der Waals surface area contributed by atoms with E-state index in [1.54, 1.807) is 54.6 Å². The van der Waals surface area contributed by atoms with Crippen molar-refractivity contribution in [2.24, 2.45) is 11.7 Å². The van der Waals surface area contributed by atoms with Crippen LogP contribution in [0.4, 0.5) is 0 Å². The van der Waals surface area contributed by atoms with Gasteiger partial charge in [-0.1, -0.05) is 36.4 Å². The molecule has 150 valence electrons. The van der Waals surface area contributed by atoms with E-state index in [4.69, 9.17) is 5.73 Å². The Labute approximate surface area is 170 Å². The van der Waals surface area contributed by atoms with Crippen molar-refractivity contribution in [3.63, 3.8) is 0 Å². The highest BCUT2D eigenvalue weighted by molar-refractivity contribution is 7.73. The molecule has 1 heterocycles. The van der Waals surface area contributed by atoms with Crippen molar-refractivity contribution in [1.82, 2.24) is 5.32 Å². The second-order valence-corrected chi connectivity index (χ2v) is 8.95. The van der Waals surface area contributed by atoms with Gasteiger partial charge in [0.25, 0.3) is 7.37 Å². The van der Waals surface area contributed by atoms with Gasteiger partial charge in [-0.15, -0.1) is 12.4 Å². The number of nitrogens with two attached hydrogens (primary N) is 1. The second-order valence-electron chi connectivity index (χ2n) is 6.80. The predicted molar refractivity (Wildman–Crippen MR) is 112 cm³/mol. The summed E-state index contributed by atoms with van der Waals surface area (Å²) in [7, 11) is -3.82. The average molecular weight is 423 g/mol.